The van der Waals surface area contributed by atoms with Gasteiger partial charge in [0.25, 0.3) is 5.91 Å². The number of halogens is 1. The predicted octanol–water partition coefficient (Wildman–Crippen LogP) is 2.85. The minimum absolute atomic E-state index is 0.0275. The number of nitrogens with two attached hydrogens (primary N) is 1. The van der Waals surface area contributed by atoms with E-state index in [1.165, 1.54) is 6.20 Å². The van der Waals surface area contributed by atoms with E-state index in [9.17, 15) is 9.59 Å². The summed E-state index contributed by atoms with van der Waals surface area (Å²) in [6.07, 6.45) is 3.23. The number of amides is 2. The largest absolute Gasteiger partial charge is 0.444 e. The van der Waals surface area contributed by atoms with E-state index in [0.717, 1.165) is 19.3 Å². The maximum atomic E-state index is 12.4. The molecule has 2 N–H and O–H groups in total. The zero-order valence-corrected chi connectivity index (χ0v) is 14.2. The summed E-state index contributed by atoms with van der Waals surface area (Å²) in [7, 11) is 0. The molecule has 0 atom stereocenters. The quantitative estimate of drug-likeness (QED) is 0.855. The van der Waals surface area contributed by atoms with E-state index in [-0.39, 0.29) is 5.91 Å². The number of hydrogen-bond donors (Lipinski definition) is 1. The van der Waals surface area contributed by atoms with Gasteiger partial charge in [0.15, 0.2) is 0 Å². The number of piperidine rings is 1. The lowest BCUT2D eigenvalue weighted by atomic mass is 9.86. The molecule has 0 aromatic carbocycles. The van der Waals surface area contributed by atoms with Gasteiger partial charge in [0.2, 0.25) is 0 Å². The molecule has 2 rings (SSSR count). The molecule has 0 radical (unpaired) electrons. The monoisotopic (exact) mass is 339 g/mol. The van der Waals surface area contributed by atoms with E-state index in [1.54, 1.807) is 12.1 Å². The molecule has 2 amide bonds. The molecule has 7 heteroatoms. The topological polar surface area (TPSA) is 85.5 Å². The van der Waals surface area contributed by atoms with Crippen LogP contribution in [0.15, 0.2) is 18.3 Å². The maximum Gasteiger partial charge on any atom is 0.405 e. The van der Waals surface area contributed by atoms with Gasteiger partial charge in [0.05, 0.1) is 5.56 Å². The Kier molecular flexibility index (Phi) is 5.46. The molecule has 126 valence electrons. The number of pyridine rings is 1. The summed E-state index contributed by atoms with van der Waals surface area (Å²) in [4.78, 5) is 29.1. The van der Waals surface area contributed by atoms with Crippen molar-refractivity contribution >= 4 is 23.6 Å². The van der Waals surface area contributed by atoms with Crippen LogP contribution in [0.3, 0.4) is 0 Å². The molecule has 1 aliphatic rings. The molecule has 0 spiro atoms. The fourth-order valence-corrected chi connectivity index (χ4v) is 3.15. The Labute approximate surface area is 140 Å². The normalized spacial score (nSPS) is 16.2. The van der Waals surface area contributed by atoms with Gasteiger partial charge < -0.3 is 15.4 Å². The highest BCUT2D eigenvalue weighted by Gasteiger charge is 2.30. The van der Waals surface area contributed by atoms with Crippen molar-refractivity contribution in [2.75, 3.05) is 13.1 Å². The van der Waals surface area contributed by atoms with Crippen LogP contribution in [0, 0.1) is 5.92 Å². The van der Waals surface area contributed by atoms with Crippen molar-refractivity contribution in [3.63, 3.8) is 0 Å². The van der Waals surface area contributed by atoms with E-state index in [0.29, 0.717) is 29.7 Å². The number of nitrogens with zero attached hydrogens (tertiary/aromatic N) is 2. The summed E-state index contributed by atoms with van der Waals surface area (Å²) in [6, 6.07) is 3.30. The predicted molar refractivity (Wildman–Crippen MR) is 87.2 cm³/mol. The fraction of sp³-hybridized carbons (Fsp3) is 0.562. The van der Waals surface area contributed by atoms with Crippen LogP contribution in [-0.2, 0) is 4.74 Å². The number of carbonyl (C=O) groups is 2. The summed E-state index contributed by atoms with van der Waals surface area (Å²) in [5.41, 5.74) is 5.06. The van der Waals surface area contributed by atoms with Crippen LogP contribution >= 0.6 is 11.6 Å². The Morgan fingerprint density at radius 2 is 2.04 bits per heavy atom. The third-order valence-electron chi connectivity index (χ3n) is 4.03. The minimum atomic E-state index is -0.752. The lowest BCUT2D eigenvalue weighted by molar-refractivity contribution is 0.0174. The first kappa shape index (κ1) is 17.5. The second-order valence-corrected chi connectivity index (χ2v) is 6.88. The van der Waals surface area contributed by atoms with E-state index in [2.05, 4.69) is 4.98 Å². The lowest BCUT2D eigenvalue weighted by Gasteiger charge is -2.35. The third kappa shape index (κ3) is 5.10. The van der Waals surface area contributed by atoms with Gasteiger partial charge in [-0.1, -0.05) is 11.6 Å². The lowest BCUT2D eigenvalue weighted by Crippen LogP contribution is -2.41. The molecule has 1 saturated heterocycles. The van der Waals surface area contributed by atoms with E-state index in [1.807, 2.05) is 18.7 Å². The number of primary amides is 1. The summed E-state index contributed by atoms with van der Waals surface area (Å²) in [5, 5.41) is 0.372. The van der Waals surface area contributed by atoms with Gasteiger partial charge in [0, 0.05) is 19.3 Å². The van der Waals surface area contributed by atoms with Gasteiger partial charge in [0.1, 0.15) is 10.8 Å². The second-order valence-electron chi connectivity index (χ2n) is 6.49. The van der Waals surface area contributed by atoms with Crippen LogP contribution in [0.25, 0.3) is 0 Å². The van der Waals surface area contributed by atoms with Crippen molar-refractivity contribution in [2.45, 2.75) is 38.7 Å². The molecule has 2 heterocycles. The molecule has 1 aliphatic heterocycles. The van der Waals surface area contributed by atoms with Crippen molar-refractivity contribution in [2.24, 2.45) is 11.7 Å². The Hall–Kier alpha value is -1.82. The van der Waals surface area contributed by atoms with Crippen molar-refractivity contribution in [1.82, 2.24) is 9.88 Å². The molecule has 0 unspecified atom stereocenters. The van der Waals surface area contributed by atoms with E-state index >= 15 is 0 Å². The zero-order valence-electron chi connectivity index (χ0n) is 13.4. The SMILES string of the molecule is CC(C)(CC1CCN(C(=O)c2ccc(Cl)nc2)CC1)OC(N)=O. The first-order chi connectivity index (χ1) is 10.8. The highest BCUT2D eigenvalue weighted by molar-refractivity contribution is 6.29. The van der Waals surface area contributed by atoms with Crippen molar-refractivity contribution in [1.29, 1.82) is 0 Å². The summed E-state index contributed by atoms with van der Waals surface area (Å²) in [6.45, 7) is 5.07. The summed E-state index contributed by atoms with van der Waals surface area (Å²) in [5.74, 6) is 0.372. The number of aromatic nitrogens is 1. The Bertz CT molecular complexity index is 566. The molecule has 1 fully saturated rings. The van der Waals surface area contributed by atoms with Crippen molar-refractivity contribution in [3.8, 4) is 0 Å². The van der Waals surface area contributed by atoms with Crippen molar-refractivity contribution < 1.29 is 14.3 Å². The average molecular weight is 340 g/mol. The summed E-state index contributed by atoms with van der Waals surface area (Å²) >= 11 is 5.74. The van der Waals surface area contributed by atoms with Crippen LogP contribution < -0.4 is 5.73 Å². The van der Waals surface area contributed by atoms with Crippen LogP contribution in [0.1, 0.15) is 43.5 Å². The number of hydrogen-bond acceptors (Lipinski definition) is 4. The van der Waals surface area contributed by atoms with E-state index in [4.69, 9.17) is 22.1 Å². The number of likely N-dealkylation sites (tertiary alicyclic amines) is 1. The molecule has 23 heavy (non-hydrogen) atoms. The summed E-state index contributed by atoms with van der Waals surface area (Å²) < 4.78 is 5.13. The Morgan fingerprint density at radius 1 is 1.39 bits per heavy atom. The van der Waals surface area contributed by atoms with Crippen LogP contribution in [-0.4, -0.2) is 40.6 Å². The minimum Gasteiger partial charge on any atom is -0.444 e. The molecule has 0 saturated carbocycles. The fourth-order valence-electron chi connectivity index (χ4n) is 3.03. The molecular weight excluding hydrogens is 318 g/mol. The van der Waals surface area contributed by atoms with Crippen LogP contribution in [0.4, 0.5) is 4.79 Å². The smallest absolute Gasteiger partial charge is 0.405 e. The first-order valence-electron chi connectivity index (χ1n) is 7.66. The van der Waals surface area contributed by atoms with Crippen LogP contribution in [0.5, 0.6) is 0 Å². The van der Waals surface area contributed by atoms with Gasteiger partial charge in [-0.15, -0.1) is 0 Å². The number of ether oxygens (including phenoxy) is 1. The Morgan fingerprint density at radius 3 is 2.57 bits per heavy atom. The third-order valence-corrected chi connectivity index (χ3v) is 4.26. The molecular formula is C16H22ClN3O3. The molecule has 6 nitrogen and oxygen atoms in total. The Balaban J connectivity index is 1.87. The standard InChI is InChI=1S/C16H22ClN3O3/c1-16(2,23-15(18)22)9-11-5-7-20(8-6-11)14(21)12-3-4-13(17)19-10-12/h3-4,10-11H,5-9H2,1-2H3,(H2,18,22). The maximum absolute atomic E-state index is 12.4. The van der Waals surface area contributed by atoms with Gasteiger partial charge >= 0.3 is 6.09 Å². The van der Waals surface area contributed by atoms with Gasteiger partial charge in [-0.05, 0) is 51.2 Å². The average Bonchev–Trinajstić information content (AvgIpc) is 2.46. The molecule has 0 bridgehead atoms. The highest BCUT2D eigenvalue weighted by atomic mass is 35.5. The van der Waals surface area contributed by atoms with Gasteiger partial charge in [-0.3, -0.25) is 4.79 Å². The highest BCUT2D eigenvalue weighted by Crippen LogP contribution is 2.29. The van der Waals surface area contributed by atoms with Gasteiger partial charge in [-0.2, -0.15) is 0 Å². The first-order valence-corrected chi connectivity index (χ1v) is 8.04. The number of rotatable bonds is 4. The van der Waals surface area contributed by atoms with E-state index < -0.39 is 11.7 Å². The van der Waals surface area contributed by atoms with Gasteiger partial charge in [-0.25, -0.2) is 9.78 Å². The molecule has 1 aromatic heterocycles. The van der Waals surface area contributed by atoms with Crippen molar-refractivity contribution in [3.05, 3.63) is 29.0 Å². The molecule has 0 aliphatic carbocycles. The zero-order chi connectivity index (χ0) is 17.0. The second kappa shape index (κ2) is 7.17. The van der Waals surface area contributed by atoms with Crippen LogP contribution in [0.2, 0.25) is 5.15 Å². The molecule has 1 aromatic rings. The number of carbonyl (C=O) groups excluding carboxylic acids is 2.